The van der Waals surface area contributed by atoms with E-state index in [0.717, 1.165) is 0 Å². The Balaban J connectivity index is 1.91. The molecule has 0 spiro atoms. The molecule has 7 heteroatoms. The highest BCUT2D eigenvalue weighted by Crippen LogP contribution is 2.20. The Kier molecular flexibility index (Phi) is 5.75. The summed E-state index contributed by atoms with van der Waals surface area (Å²) < 4.78 is 15.3. The molecule has 0 unspecified atom stereocenters. The Morgan fingerprint density at radius 3 is 2.54 bits per heavy atom. The zero-order chi connectivity index (χ0) is 17.4. The highest BCUT2D eigenvalue weighted by Gasteiger charge is 2.11. The highest BCUT2D eigenvalue weighted by molar-refractivity contribution is 5.64. The van der Waals surface area contributed by atoms with E-state index in [2.05, 4.69) is 5.92 Å². The summed E-state index contributed by atoms with van der Waals surface area (Å²) in [5.74, 6) is 3.00. The van der Waals surface area contributed by atoms with E-state index in [1.165, 1.54) is 24.3 Å². The van der Waals surface area contributed by atoms with Crippen molar-refractivity contribution in [3.63, 3.8) is 0 Å². The summed E-state index contributed by atoms with van der Waals surface area (Å²) in [7, 11) is 0. The van der Waals surface area contributed by atoms with E-state index >= 15 is 0 Å². The van der Waals surface area contributed by atoms with E-state index in [4.69, 9.17) is 20.6 Å². The molecule has 2 rings (SSSR count). The summed E-state index contributed by atoms with van der Waals surface area (Å²) in [6.07, 6.45) is 4.21. The van der Waals surface area contributed by atoms with Gasteiger partial charge < -0.3 is 14.2 Å². The van der Waals surface area contributed by atoms with Gasteiger partial charge in [0.2, 0.25) is 0 Å². The molecular formula is C17H13NO6. The first kappa shape index (κ1) is 16.8. The minimum atomic E-state index is -0.935. The molecule has 0 heterocycles. The first-order chi connectivity index (χ1) is 11.6. The number of nitro benzene ring substituents is 1. The van der Waals surface area contributed by atoms with Crippen molar-refractivity contribution in [1.82, 2.24) is 0 Å². The average molecular weight is 327 g/mol. The van der Waals surface area contributed by atoms with Crippen molar-refractivity contribution in [3.05, 3.63) is 64.2 Å². The SMILES string of the molecule is C#CCOc1ccccc1COC(=O)Oc1ccc([N+](=O)[O-])cc1. The first-order valence-electron chi connectivity index (χ1n) is 6.83. The second kappa shape index (κ2) is 8.19. The van der Waals surface area contributed by atoms with Crippen molar-refractivity contribution in [1.29, 1.82) is 0 Å². The van der Waals surface area contributed by atoms with Crippen molar-refractivity contribution in [3.8, 4) is 23.8 Å². The standard InChI is InChI=1S/C17H13NO6/c1-2-11-22-16-6-4-3-5-13(16)12-23-17(19)24-15-9-7-14(8-10-15)18(20)21/h1,3-10H,11-12H2. The normalized spacial score (nSPS) is 9.62. The molecule has 122 valence electrons. The van der Waals surface area contributed by atoms with Crippen LogP contribution in [0.3, 0.4) is 0 Å². The molecule has 0 aliphatic rings. The third kappa shape index (κ3) is 4.74. The van der Waals surface area contributed by atoms with Crippen LogP contribution in [0, 0.1) is 22.5 Å². The molecule has 0 aromatic heterocycles. The van der Waals surface area contributed by atoms with Crippen LogP contribution in [0.2, 0.25) is 0 Å². The molecular weight excluding hydrogens is 314 g/mol. The van der Waals surface area contributed by atoms with Crippen LogP contribution in [0.15, 0.2) is 48.5 Å². The summed E-state index contributed by atoms with van der Waals surface area (Å²) in [5.41, 5.74) is 0.531. The van der Waals surface area contributed by atoms with Gasteiger partial charge in [-0.25, -0.2) is 4.79 Å². The van der Waals surface area contributed by atoms with Gasteiger partial charge in [-0.15, -0.1) is 6.42 Å². The monoisotopic (exact) mass is 327 g/mol. The van der Waals surface area contributed by atoms with E-state index in [9.17, 15) is 14.9 Å². The Morgan fingerprint density at radius 1 is 1.17 bits per heavy atom. The van der Waals surface area contributed by atoms with Gasteiger partial charge >= 0.3 is 6.16 Å². The number of benzene rings is 2. The third-order valence-corrected chi connectivity index (χ3v) is 2.88. The van der Waals surface area contributed by atoms with Crippen molar-refractivity contribution < 1.29 is 23.9 Å². The molecule has 0 saturated heterocycles. The van der Waals surface area contributed by atoms with Gasteiger partial charge in [0, 0.05) is 17.7 Å². The molecule has 2 aromatic rings. The second-order valence-corrected chi connectivity index (χ2v) is 4.49. The average Bonchev–Trinajstić information content (AvgIpc) is 2.59. The van der Waals surface area contributed by atoms with Gasteiger partial charge in [0.05, 0.1) is 4.92 Å². The maximum atomic E-state index is 11.7. The number of rotatable bonds is 6. The number of nitrogens with zero attached hydrogens (tertiary/aromatic N) is 1. The van der Waals surface area contributed by atoms with Crippen LogP contribution in [-0.2, 0) is 11.3 Å². The maximum absolute atomic E-state index is 11.7. The number of nitro groups is 1. The van der Waals surface area contributed by atoms with Crippen molar-refractivity contribution in [2.24, 2.45) is 0 Å². The van der Waals surface area contributed by atoms with Crippen molar-refractivity contribution in [2.45, 2.75) is 6.61 Å². The summed E-state index contributed by atoms with van der Waals surface area (Å²) in [5, 5.41) is 10.5. The maximum Gasteiger partial charge on any atom is 0.514 e. The van der Waals surface area contributed by atoms with Crippen LogP contribution in [0.25, 0.3) is 0 Å². The predicted octanol–water partition coefficient (Wildman–Crippen LogP) is 3.32. The molecule has 0 aliphatic carbocycles. The largest absolute Gasteiger partial charge is 0.514 e. The van der Waals surface area contributed by atoms with Crippen molar-refractivity contribution in [2.75, 3.05) is 6.61 Å². The molecule has 2 aromatic carbocycles. The number of para-hydroxylation sites is 1. The fourth-order valence-electron chi connectivity index (χ4n) is 1.78. The van der Waals surface area contributed by atoms with Gasteiger partial charge in [-0.1, -0.05) is 24.1 Å². The number of ether oxygens (including phenoxy) is 3. The van der Waals surface area contributed by atoms with Gasteiger partial charge in [-0.2, -0.15) is 0 Å². The summed E-state index contributed by atoms with van der Waals surface area (Å²) >= 11 is 0. The van der Waals surface area contributed by atoms with Gasteiger partial charge in [0.25, 0.3) is 5.69 Å². The molecule has 0 amide bonds. The van der Waals surface area contributed by atoms with Gasteiger partial charge in [0.1, 0.15) is 24.7 Å². The summed E-state index contributed by atoms with van der Waals surface area (Å²) in [6.45, 7) is 0.0385. The van der Waals surface area contributed by atoms with Gasteiger partial charge in [0.15, 0.2) is 0 Å². The molecule has 24 heavy (non-hydrogen) atoms. The lowest BCUT2D eigenvalue weighted by atomic mass is 10.2. The molecule has 0 N–H and O–H groups in total. The van der Waals surface area contributed by atoms with Gasteiger partial charge in [-0.05, 0) is 18.2 Å². The van der Waals surface area contributed by atoms with Crippen LogP contribution in [0.4, 0.5) is 10.5 Å². The lowest BCUT2D eigenvalue weighted by molar-refractivity contribution is -0.384. The molecule has 7 nitrogen and oxygen atoms in total. The predicted molar refractivity (Wildman–Crippen MR) is 84.7 cm³/mol. The van der Waals surface area contributed by atoms with Crippen LogP contribution in [0.1, 0.15) is 5.56 Å². The highest BCUT2D eigenvalue weighted by atomic mass is 16.7. The Morgan fingerprint density at radius 2 is 1.88 bits per heavy atom. The molecule has 0 bridgehead atoms. The van der Waals surface area contributed by atoms with E-state index in [1.54, 1.807) is 24.3 Å². The minimum absolute atomic E-state index is 0.0629. The fraction of sp³-hybridized carbons (Fsp3) is 0.118. The van der Waals surface area contributed by atoms with Crippen LogP contribution < -0.4 is 9.47 Å². The number of carbonyl (C=O) groups excluding carboxylic acids is 1. The lowest BCUT2D eigenvalue weighted by Crippen LogP contribution is -2.11. The first-order valence-corrected chi connectivity index (χ1v) is 6.83. The number of terminal acetylenes is 1. The number of non-ortho nitro benzene ring substituents is 1. The van der Waals surface area contributed by atoms with E-state index in [-0.39, 0.29) is 24.7 Å². The zero-order valence-corrected chi connectivity index (χ0v) is 12.5. The molecule has 0 aliphatic heterocycles. The van der Waals surface area contributed by atoms with Crippen LogP contribution in [0.5, 0.6) is 11.5 Å². The number of hydrogen-bond acceptors (Lipinski definition) is 6. The van der Waals surface area contributed by atoms with Crippen LogP contribution >= 0.6 is 0 Å². The molecule has 0 saturated carbocycles. The molecule has 0 atom stereocenters. The summed E-state index contributed by atoms with van der Waals surface area (Å²) in [4.78, 5) is 21.7. The Hall–Kier alpha value is -3.53. The zero-order valence-electron chi connectivity index (χ0n) is 12.5. The Labute approximate surface area is 137 Å². The number of hydrogen-bond donors (Lipinski definition) is 0. The van der Waals surface area contributed by atoms with Gasteiger partial charge in [-0.3, -0.25) is 10.1 Å². The lowest BCUT2D eigenvalue weighted by Gasteiger charge is -2.10. The number of carbonyl (C=O) groups is 1. The molecule has 0 radical (unpaired) electrons. The summed E-state index contributed by atoms with van der Waals surface area (Å²) in [6, 6.07) is 12.0. The quantitative estimate of drug-likeness (QED) is 0.266. The van der Waals surface area contributed by atoms with Crippen LogP contribution in [-0.4, -0.2) is 17.7 Å². The fourth-order valence-corrected chi connectivity index (χ4v) is 1.78. The van der Waals surface area contributed by atoms with Crippen molar-refractivity contribution >= 4 is 11.8 Å². The molecule has 0 fully saturated rings. The minimum Gasteiger partial charge on any atom is -0.481 e. The van der Waals surface area contributed by atoms with E-state index in [1.807, 2.05) is 0 Å². The topological polar surface area (TPSA) is 87.9 Å². The smallest absolute Gasteiger partial charge is 0.481 e. The second-order valence-electron chi connectivity index (χ2n) is 4.49. The van der Waals surface area contributed by atoms with E-state index < -0.39 is 11.1 Å². The Bertz CT molecular complexity index is 763. The van der Waals surface area contributed by atoms with E-state index in [0.29, 0.717) is 11.3 Å². The third-order valence-electron chi connectivity index (χ3n) is 2.88.